The van der Waals surface area contributed by atoms with E-state index >= 15 is 0 Å². The maximum atomic E-state index is 2.31. The van der Waals surface area contributed by atoms with Crippen LogP contribution in [0, 0.1) is 0 Å². The highest BCUT2D eigenvalue weighted by atomic mass is 32.2. The Balaban J connectivity index is -0.0000000841. The molecule has 0 nitrogen and oxygen atoms in total. The quantitative estimate of drug-likeness (QED) is 0.136. The smallest absolute Gasteiger partial charge is 0.00160 e. The van der Waals surface area contributed by atoms with Crippen LogP contribution >= 0.6 is 35.3 Å². The molecule has 0 aliphatic carbocycles. The van der Waals surface area contributed by atoms with Crippen LogP contribution in [0.4, 0.5) is 0 Å². The van der Waals surface area contributed by atoms with E-state index in [-0.39, 0.29) is 0 Å². The second-order valence-corrected chi connectivity index (χ2v) is 13.8. The Hall–Kier alpha value is 1.05. The molecule has 1 atom stereocenters. The van der Waals surface area contributed by atoms with Crippen LogP contribution < -0.4 is 0 Å². The molecule has 240 valence electrons. The van der Waals surface area contributed by atoms with Crippen molar-refractivity contribution >= 4 is 35.3 Å². The molecule has 0 aromatic rings. The Bertz CT molecular complexity index is 256. The van der Waals surface area contributed by atoms with E-state index in [0.29, 0.717) is 0 Å². The van der Waals surface area contributed by atoms with Gasteiger partial charge in [0.2, 0.25) is 0 Å². The van der Waals surface area contributed by atoms with Crippen LogP contribution in [-0.4, -0.2) is 34.0 Å². The lowest BCUT2D eigenvalue weighted by Crippen LogP contribution is -1.93. The van der Waals surface area contributed by atoms with Crippen molar-refractivity contribution in [1.29, 1.82) is 0 Å². The third-order valence-corrected chi connectivity index (χ3v) is 8.81. The summed E-state index contributed by atoms with van der Waals surface area (Å²) in [4.78, 5) is 0. The maximum absolute atomic E-state index is 2.31. The summed E-state index contributed by atoms with van der Waals surface area (Å²) in [5.41, 5.74) is 0. The normalized spacial score (nSPS) is 10.0. The van der Waals surface area contributed by atoms with Gasteiger partial charge in [0.25, 0.3) is 0 Å². The first-order chi connectivity index (χ1) is 18.4. The lowest BCUT2D eigenvalue weighted by atomic mass is 10.3. The summed E-state index contributed by atoms with van der Waals surface area (Å²) >= 11 is 6.28. The van der Waals surface area contributed by atoms with Gasteiger partial charge in [0, 0.05) is 5.25 Å². The second kappa shape index (κ2) is 66.4. The molecule has 0 saturated carbocycles. The largest absolute Gasteiger partial charge is 0.162 e. The molecule has 0 aromatic heterocycles. The van der Waals surface area contributed by atoms with Crippen LogP contribution in [0.5, 0.6) is 0 Å². The minimum absolute atomic E-state index is 0.872. The van der Waals surface area contributed by atoms with Gasteiger partial charge in [-0.25, -0.2) is 0 Å². The standard InChI is InChI=1S/2C8H18S.C7H16S.C5H12.C4H10.C3H8/c1-4-6-7-9-8(3)5-2;1-3-5-7-9-8-6-4-2;1-3-5-7-8-6-4-2;1-3-5-4-2;1-3-4-2;1-3-2/h8H,4-7H2,1-3H3;3-8H2,1-2H3;3-7H2,1-2H3;3-5H2,1-2H3;3-4H2,1-2H3;3H2,1-2H3. The van der Waals surface area contributed by atoms with Gasteiger partial charge >= 0.3 is 0 Å². The Morgan fingerprint density at radius 2 is 0.684 bits per heavy atom. The van der Waals surface area contributed by atoms with Gasteiger partial charge in [0.15, 0.2) is 0 Å². The third-order valence-electron chi connectivity index (χ3n) is 4.96. The molecule has 0 fully saturated rings. The monoisotopic (exact) mass is 599 g/mol. The lowest BCUT2D eigenvalue weighted by molar-refractivity contribution is 0.772. The Morgan fingerprint density at radius 3 is 0.921 bits per heavy atom. The van der Waals surface area contributed by atoms with Crippen molar-refractivity contribution in [2.24, 2.45) is 0 Å². The van der Waals surface area contributed by atoms with Gasteiger partial charge in [0.1, 0.15) is 0 Å². The van der Waals surface area contributed by atoms with E-state index in [2.05, 4.69) is 125 Å². The molecule has 0 spiro atoms. The van der Waals surface area contributed by atoms with Crippen LogP contribution in [0.3, 0.4) is 0 Å². The van der Waals surface area contributed by atoms with Crippen molar-refractivity contribution in [3.8, 4) is 0 Å². The highest BCUT2D eigenvalue weighted by Gasteiger charge is 1.96. The first-order valence-electron chi connectivity index (χ1n) is 17.1. The third kappa shape index (κ3) is 99.0. The van der Waals surface area contributed by atoms with Gasteiger partial charge in [0.05, 0.1) is 0 Å². The topological polar surface area (TPSA) is 0 Å². The number of unbranched alkanes of at least 4 members (excludes halogenated alkanes) is 7. The first kappa shape index (κ1) is 51.8. The van der Waals surface area contributed by atoms with Gasteiger partial charge in [-0.15, -0.1) is 0 Å². The van der Waals surface area contributed by atoms with E-state index in [1.54, 1.807) is 0 Å². The fourth-order valence-electron chi connectivity index (χ4n) is 1.99. The van der Waals surface area contributed by atoms with Gasteiger partial charge in [-0.1, -0.05) is 154 Å². The molecule has 0 radical (unpaired) electrons. The summed E-state index contributed by atoms with van der Waals surface area (Å²) in [6.45, 7) is 28.8. The zero-order valence-corrected chi connectivity index (χ0v) is 32.1. The second-order valence-electron chi connectivity index (χ2n) is 9.79. The SMILES string of the molecule is CCC.CCCC.CCCCC.CCCCSC(C)CC.CCCCSCCC.CCCCSCCCC. The molecular formula is C35H82S3. The zero-order valence-electron chi connectivity index (χ0n) is 29.7. The molecule has 0 aromatic carbocycles. The maximum Gasteiger partial charge on any atom is 0.00160 e. The number of thioether (sulfide) groups is 3. The van der Waals surface area contributed by atoms with Crippen LogP contribution in [0.1, 0.15) is 193 Å². The molecule has 0 amide bonds. The van der Waals surface area contributed by atoms with Crippen molar-refractivity contribution in [3.63, 3.8) is 0 Å². The predicted molar refractivity (Wildman–Crippen MR) is 199 cm³/mol. The molecule has 1 unspecified atom stereocenters. The highest BCUT2D eigenvalue weighted by Crippen LogP contribution is 2.14. The van der Waals surface area contributed by atoms with Gasteiger partial charge in [-0.05, 0) is 67.3 Å². The van der Waals surface area contributed by atoms with Crippen molar-refractivity contribution in [1.82, 2.24) is 0 Å². The zero-order chi connectivity index (χ0) is 30.5. The van der Waals surface area contributed by atoms with Crippen molar-refractivity contribution < 1.29 is 0 Å². The fourth-order valence-corrected chi connectivity index (χ4v) is 5.26. The molecular weight excluding hydrogens is 517 g/mol. The summed E-state index contributed by atoms with van der Waals surface area (Å²) in [6.07, 6.45) is 21.6. The van der Waals surface area contributed by atoms with Gasteiger partial charge < -0.3 is 0 Å². The molecule has 0 saturated heterocycles. The first-order valence-corrected chi connectivity index (χ1v) is 20.5. The summed E-state index contributed by atoms with van der Waals surface area (Å²) in [6, 6.07) is 0. The number of hydrogen-bond acceptors (Lipinski definition) is 3. The summed E-state index contributed by atoms with van der Waals surface area (Å²) < 4.78 is 0. The van der Waals surface area contributed by atoms with E-state index in [9.17, 15) is 0 Å². The van der Waals surface area contributed by atoms with Crippen LogP contribution in [-0.2, 0) is 0 Å². The van der Waals surface area contributed by atoms with Crippen LogP contribution in [0.15, 0.2) is 0 Å². The van der Waals surface area contributed by atoms with Crippen LogP contribution in [0.25, 0.3) is 0 Å². The van der Waals surface area contributed by atoms with E-state index in [0.717, 1.165) is 5.25 Å². The summed E-state index contributed by atoms with van der Waals surface area (Å²) in [7, 11) is 0. The van der Waals surface area contributed by atoms with Crippen molar-refractivity contribution in [2.45, 2.75) is 198 Å². The summed E-state index contributed by atoms with van der Waals surface area (Å²) in [5.74, 6) is 6.81. The molecule has 0 heterocycles. The van der Waals surface area contributed by atoms with Gasteiger partial charge in [-0.2, -0.15) is 35.3 Å². The molecule has 0 bridgehead atoms. The predicted octanol–water partition coefficient (Wildman–Crippen LogP) is 15.0. The van der Waals surface area contributed by atoms with E-state index in [1.807, 2.05) is 0 Å². The van der Waals surface area contributed by atoms with Crippen LogP contribution in [0.2, 0.25) is 0 Å². The fraction of sp³-hybridized carbons (Fsp3) is 1.00. The van der Waals surface area contributed by atoms with E-state index in [1.165, 1.54) is 131 Å². The molecule has 3 heteroatoms. The Kier molecular flexibility index (Phi) is 90.4. The van der Waals surface area contributed by atoms with Gasteiger partial charge in [-0.3, -0.25) is 0 Å². The van der Waals surface area contributed by atoms with Crippen molar-refractivity contribution in [2.75, 3.05) is 28.8 Å². The Morgan fingerprint density at radius 1 is 0.368 bits per heavy atom. The van der Waals surface area contributed by atoms with E-state index < -0.39 is 0 Å². The molecule has 0 aliphatic heterocycles. The molecule has 0 aliphatic rings. The number of rotatable bonds is 19. The number of hydrogen-bond donors (Lipinski definition) is 0. The average molecular weight is 599 g/mol. The van der Waals surface area contributed by atoms with Crippen molar-refractivity contribution in [3.05, 3.63) is 0 Å². The highest BCUT2D eigenvalue weighted by molar-refractivity contribution is 8.00. The molecule has 0 N–H and O–H groups in total. The molecule has 38 heavy (non-hydrogen) atoms. The van der Waals surface area contributed by atoms with E-state index in [4.69, 9.17) is 0 Å². The minimum atomic E-state index is 0.872. The Labute approximate surface area is 261 Å². The molecule has 0 rings (SSSR count). The average Bonchev–Trinajstić information content (AvgIpc) is 2.93. The summed E-state index contributed by atoms with van der Waals surface area (Å²) in [5, 5.41) is 0.872. The lowest BCUT2D eigenvalue weighted by Gasteiger charge is -2.05. The minimum Gasteiger partial charge on any atom is -0.162 e.